The summed E-state index contributed by atoms with van der Waals surface area (Å²) in [6.07, 6.45) is 0. The summed E-state index contributed by atoms with van der Waals surface area (Å²) in [5, 5.41) is 8.78. The van der Waals surface area contributed by atoms with Crippen LogP contribution >= 0.6 is 22.9 Å². The molecule has 0 aliphatic rings. The minimum Gasteiger partial charge on any atom is -0.435 e. The molecule has 0 atom stereocenters. The maximum Gasteiger partial charge on any atom is 0.387 e. The molecule has 0 aliphatic carbocycles. The molecule has 0 saturated heterocycles. The summed E-state index contributed by atoms with van der Waals surface area (Å²) in [5.41, 5.74) is 4.51. The van der Waals surface area contributed by atoms with Crippen LogP contribution in [-0.2, 0) is 0 Å². The molecule has 0 N–H and O–H groups in total. The molecular formula is C18H11F2N3OS2. The first-order valence-electron chi connectivity index (χ1n) is 7.58. The zero-order valence-corrected chi connectivity index (χ0v) is 14.8. The van der Waals surface area contributed by atoms with E-state index in [9.17, 15) is 8.78 Å². The molecule has 2 aromatic carbocycles. The van der Waals surface area contributed by atoms with Crippen LogP contribution in [0.2, 0.25) is 0 Å². The van der Waals surface area contributed by atoms with E-state index in [0.29, 0.717) is 0 Å². The third kappa shape index (κ3) is 3.61. The van der Waals surface area contributed by atoms with Gasteiger partial charge in [0, 0.05) is 27.5 Å². The van der Waals surface area contributed by atoms with Crippen LogP contribution in [0.1, 0.15) is 0 Å². The monoisotopic (exact) mass is 387 g/mol. The van der Waals surface area contributed by atoms with Crippen molar-refractivity contribution in [1.29, 1.82) is 0 Å². The first-order chi connectivity index (χ1) is 12.7. The van der Waals surface area contributed by atoms with Crippen LogP contribution in [0.25, 0.3) is 33.1 Å². The molecule has 0 bridgehead atoms. The normalized spacial score (nSPS) is 11.0. The SMILES string of the molecule is FC(F)Oc1ccc(-c2csc(-c3ccc(-c4csnn4)cc3)n2)cc1. The third-order valence-electron chi connectivity index (χ3n) is 3.67. The van der Waals surface area contributed by atoms with Crippen LogP contribution in [0.5, 0.6) is 5.75 Å². The maximum absolute atomic E-state index is 12.2. The van der Waals surface area contributed by atoms with Gasteiger partial charge in [0.2, 0.25) is 0 Å². The molecule has 2 heterocycles. The smallest absolute Gasteiger partial charge is 0.387 e. The van der Waals surface area contributed by atoms with Crippen molar-refractivity contribution in [1.82, 2.24) is 14.6 Å². The number of ether oxygens (including phenoxy) is 1. The van der Waals surface area contributed by atoms with Crippen molar-refractivity contribution in [2.24, 2.45) is 0 Å². The van der Waals surface area contributed by atoms with E-state index in [4.69, 9.17) is 0 Å². The van der Waals surface area contributed by atoms with E-state index < -0.39 is 6.61 Å². The van der Waals surface area contributed by atoms with Crippen molar-refractivity contribution in [3.63, 3.8) is 0 Å². The lowest BCUT2D eigenvalue weighted by Gasteiger charge is -2.04. The third-order valence-corrected chi connectivity index (χ3v) is 5.06. The van der Waals surface area contributed by atoms with Crippen molar-refractivity contribution in [2.45, 2.75) is 6.61 Å². The standard InChI is InChI=1S/C18H11F2N3OS2/c19-18(20)24-14-7-5-11(6-8-14)15-9-25-17(21-15)13-3-1-12(2-4-13)16-10-26-23-22-16/h1-10,18H. The van der Waals surface area contributed by atoms with Crippen LogP contribution in [-0.4, -0.2) is 21.2 Å². The summed E-state index contributed by atoms with van der Waals surface area (Å²) in [4.78, 5) is 4.64. The van der Waals surface area contributed by atoms with Gasteiger partial charge in [0.1, 0.15) is 16.5 Å². The summed E-state index contributed by atoms with van der Waals surface area (Å²) < 4.78 is 32.7. The highest BCUT2D eigenvalue weighted by molar-refractivity contribution is 7.13. The molecule has 0 aliphatic heterocycles. The lowest BCUT2D eigenvalue weighted by atomic mass is 10.1. The van der Waals surface area contributed by atoms with Crippen molar-refractivity contribution in [3.05, 3.63) is 59.3 Å². The second kappa shape index (κ2) is 7.27. The Morgan fingerprint density at radius 2 is 1.46 bits per heavy atom. The van der Waals surface area contributed by atoms with Crippen LogP contribution < -0.4 is 4.74 Å². The van der Waals surface area contributed by atoms with Gasteiger partial charge >= 0.3 is 6.61 Å². The summed E-state index contributed by atoms with van der Waals surface area (Å²) in [5.74, 6) is 0.131. The highest BCUT2D eigenvalue weighted by Crippen LogP contribution is 2.31. The predicted molar refractivity (Wildman–Crippen MR) is 98.5 cm³/mol. The Morgan fingerprint density at radius 1 is 0.808 bits per heavy atom. The number of hydrogen-bond donors (Lipinski definition) is 0. The molecular weight excluding hydrogens is 376 g/mol. The van der Waals surface area contributed by atoms with Gasteiger partial charge in [0.15, 0.2) is 0 Å². The van der Waals surface area contributed by atoms with Crippen LogP contribution in [0, 0.1) is 0 Å². The number of rotatable bonds is 5. The summed E-state index contributed by atoms with van der Waals surface area (Å²) in [6.45, 7) is -2.82. The Bertz CT molecular complexity index is 984. The van der Waals surface area contributed by atoms with Crippen LogP contribution in [0.15, 0.2) is 59.3 Å². The summed E-state index contributed by atoms with van der Waals surface area (Å²) >= 11 is 2.85. The number of halogens is 2. The van der Waals surface area contributed by atoms with E-state index in [1.165, 1.54) is 35.0 Å². The molecule has 26 heavy (non-hydrogen) atoms. The Kier molecular flexibility index (Phi) is 4.68. The number of thiazole rings is 1. The molecule has 0 unspecified atom stereocenters. The van der Waals surface area contributed by atoms with E-state index >= 15 is 0 Å². The van der Waals surface area contributed by atoms with Gasteiger partial charge in [-0.15, -0.1) is 16.4 Å². The Labute approximate surface area is 155 Å². The molecule has 0 fully saturated rings. The second-order valence-corrected chi connectivity index (χ2v) is 6.78. The Hall–Kier alpha value is -2.71. The van der Waals surface area contributed by atoms with Gasteiger partial charge in [-0.05, 0) is 35.8 Å². The number of nitrogens with zero attached hydrogens (tertiary/aromatic N) is 3. The molecule has 2 aromatic heterocycles. The molecule has 130 valence electrons. The summed E-state index contributed by atoms with van der Waals surface area (Å²) in [6, 6.07) is 14.4. The first kappa shape index (κ1) is 16.7. The Balaban J connectivity index is 1.54. The van der Waals surface area contributed by atoms with Gasteiger partial charge in [0.25, 0.3) is 0 Å². The molecule has 0 spiro atoms. The first-order valence-corrected chi connectivity index (χ1v) is 9.29. The average molecular weight is 387 g/mol. The predicted octanol–water partition coefficient (Wildman–Crippen LogP) is 5.60. The topological polar surface area (TPSA) is 47.9 Å². The largest absolute Gasteiger partial charge is 0.435 e. The van der Waals surface area contributed by atoms with Crippen LogP contribution in [0.3, 0.4) is 0 Å². The fourth-order valence-electron chi connectivity index (χ4n) is 2.42. The van der Waals surface area contributed by atoms with Gasteiger partial charge in [0.05, 0.1) is 5.69 Å². The Morgan fingerprint density at radius 3 is 2.12 bits per heavy atom. The van der Waals surface area contributed by atoms with Gasteiger partial charge in [-0.2, -0.15) is 8.78 Å². The zero-order chi connectivity index (χ0) is 17.9. The molecule has 8 heteroatoms. The molecule has 0 radical (unpaired) electrons. The van der Waals surface area contributed by atoms with E-state index in [2.05, 4.69) is 19.3 Å². The maximum atomic E-state index is 12.2. The van der Waals surface area contributed by atoms with Gasteiger partial charge in [-0.25, -0.2) is 4.98 Å². The zero-order valence-electron chi connectivity index (χ0n) is 13.2. The lowest BCUT2D eigenvalue weighted by molar-refractivity contribution is -0.0498. The number of benzene rings is 2. The second-order valence-electron chi connectivity index (χ2n) is 5.31. The molecule has 0 amide bonds. The summed E-state index contributed by atoms with van der Waals surface area (Å²) in [7, 11) is 0. The number of alkyl halides is 2. The van der Waals surface area contributed by atoms with E-state index in [0.717, 1.165) is 33.1 Å². The van der Waals surface area contributed by atoms with Gasteiger partial charge < -0.3 is 4.74 Å². The van der Waals surface area contributed by atoms with E-state index in [-0.39, 0.29) is 5.75 Å². The van der Waals surface area contributed by atoms with Crippen molar-refractivity contribution in [3.8, 4) is 38.8 Å². The fourth-order valence-corrected chi connectivity index (χ4v) is 3.72. The molecule has 4 nitrogen and oxygen atoms in total. The van der Waals surface area contributed by atoms with E-state index in [1.54, 1.807) is 12.1 Å². The van der Waals surface area contributed by atoms with Crippen molar-refractivity contribution < 1.29 is 13.5 Å². The minimum atomic E-state index is -2.82. The van der Waals surface area contributed by atoms with Gasteiger partial charge in [-0.1, -0.05) is 28.8 Å². The fraction of sp³-hybridized carbons (Fsp3) is 0.0556. The molecule has 0 saturated carbocycles. The average Bonchev–Trinajstić information content (AvgIpc) is 3.34. The van der Waals surface area contributed by atoms with Gasteiger partial charge in [-0.3, -0.25) is 0 Å². The number of aromatic nitrogens is 3. The minimum absolute atomic E-state index is 0.131. The molecule has 4 rings (SSSR count). The van der Waals surface area contributed by atoms with Crippen molar-refractivity contribution in [2.75, 3.05) is 0 Å². The quantitative estimate of drug-likeness (QED) is 0.447. The van der Waals surface area contributed by atoms with Crippen LogP contribution in [0.4, 0.5) is 8.78 Å². The van der Waals surface area contributed by atoms with E-state index in [1.807, 2.05) is 35.0 Å². The highest BCUT2D eigenvalue weighted by atomic mass is 32.1. The van der Waals surface area contributed by atoms with Crippen molar-refractivity contribution >= 4 is 22.9 Å². The molecule has 4 aromatic rings. The number of hydrogen-bond acceptors (Lipinski definition) is 6. The highest BCUT2D eigenvalue weighted by Gasteiger charge is 2.09. The lowest BCUT2D eigenvalue weighted by Crippen LogP contribution is -2.01.